The molecule has 0 spiro atoms. The van der Waals surface area contributed by atoms with Crippen molar-refractivity contribution < 1.29 is 0 Å². The van der Waals surface area contributed by atoms with Crippen LogP contribution in [0.4, 0.5) is 0 Å². The zero-order valence-corrected chi connectivity index (χ0v) is 16.9. The molecule has 0 N–H and O–H groups in total. The molecule has 3 nitrogen and oxygen atoms in total. The van der Waals surface area contributed by atoms with Gasteiger partial charge in [0.15, 0.2) is 0 Å². The molecule has 2 aromatic heterocycles. The lowest BCUT2D eigenvalue weighted by molar-refractivity contribution is 0.954. The van der Waals surface area contributed by atoms with E-state index < -0.39 is 0 Å². The third-order valence-electron chi connectivity index (χ3n) is 4.13. The number of aromatic nitrogens is 2. The molecule has 0 amide bonds. The summed E-state index contributed by atoms with van der Waals surface area (Å²) in [5, 5.41) is 1.22. The van der Waals surface area contributed by atoms with Crippen molar-refractivity contribution in [3.63, 3.8) is 0 Å². The summed E-state index contributed by atoms with van der Waals surface area (Å²) < 4.78 is 1.60. The first-order valence-corrected chi connectivity index (χ1v) is 10.0. The lowest BCUT2D eigenvalue weighted by Crippen LogP contribution is -2.20. The Morgan fingerprint density at radius 2 is 1.64 bits per heavy atom. The van der Waals surface area contributed by atoms with Gasteiger partial charge >= 0.3 is 0 Å². The van der Waals surface area contributed by atoms with Crippen LogP contribution >= 0.6 is 35.0 Å². The van der Waals surface area contributed by atoms with Crippen LogP contribution in [0.1, 0.15) is 0 Å². The lowest BCUT2D eigenvalue weighted by Gasteiger charge is -2.12. The van der Waals surface area contributed by atoms with Crippen molar-refractivity contribution in [1.29, 1.82) is 0 Å². The van der Waals surface area contributed by atoms with E-state index in [4.69, 9.17) is 23.2 Å². The van der Waals surface area contributed by atoms with Gasteiger partial charge < -0.3 is 0 Å². The lowest BCUT2D eigenvalue weighted by atomic mass is 10.1. The minimum absolute atomic E-state index is 0.151. The molecule has 0 aliphatic rings. The van der Waals surface area contributed by atoms with Crippen LogP contribution in [0.15, 0.2) is 99.9 Å². The van der Waals surface area contributed by atoms with Crippen LogP contribution in [0.3, 0.4) is 0 Å². The van der Waals surface area contributed by atoms with E-state index >= 15 is 0 Å². The quantitative estimate of drug-likeness (QED) is 0.382. The van der Waals surface area contributed by atoms with Crippen LogP contribution in [-0.4, -0.2) is 9.55 Å². The Labute approximate surface area is 176 Å². The number of pyridine rings is 2. The largest absolute Gasteiger partial charge is 0.281 e. The summed E-state index contributed by atoms with van der Waals surface area (Å²) in [7, 11) is 0. The Balaban J connectivity index is 1.89. The summed E-state index contributed by atoms with van der Waals surface area (Å²) in [6.45, 7) is 0. The van der Waals surface area contributed by atoms with Crippen LogP contribution < -0.4 is 5.56 Å². The van der Waals surface area contributed by atoms with E-state index in [9.17, 15) is 4.79 Å². The SMILES string of the molecule is O=c1c(-c2ccccc2Cl)cc(Sc2ccc(Cl)cc2)cn1-c1cccnc1. The highest BCUT2D eigenvalue weighted by atomic mass is 35.5. The maximum Gasteiger partial charge on any atom is 0.263 e. The number of benzene rings is 2. The molecule has 0 saturated heterocycles. The van der Waals surface area contributed by atoms with Crippen molar-refractivity contribution in [1.82, 2.24) is 9.55 Å². The molecule has 0 aliphatic carbocycles. The van der Waals surface area contributed by atoms with Gasteiger partial charge in [0.2, 0.25) is 0 Å². The van der Waals surface area contributed by atoms with Crippen LogP contribution in [0.25, 0.3) is 16.8 Å². The number of hydrogen-bond donors (Lipinski definition) is 0. The van der Waals surface area contributed by atoms with Gasteiger partial charge in [0, 0.05) is 37.8 Å². The van der Waals surface area contributed by atoms with E-state index in [2.05, 4.69) is 4.98 Å². The van der Waals surface area contributed by atoms with Crippen molar-refractivity contribution in [3.05, 3.63) is 106 Å². The van der Waals surface area contributed by atoms with Crippen molar-refractivity contribution in [2.24, 2.45) is 0 Å². The van der Waals surface area contributed by atoms with Gasteiger partial charge in [-0.05, 0) is 48.5 Å². The van der Waals surface area contributed by atoms with Gasteiger partial charge in [-0.1, -0.05) is 53.2 Å². The van der Waals surface area contributed by atoms with E-state index in [1.807, 2.05) is 60.8 Å². The molecule has 0 aliphatic heterocycles. The minimum atomic E-state index is -0.151. The summed E-state index contributed by atoms with van der Waals surface area (Å²) in [4.78, 5) is 19.3. The van der Waals surface area contributed by atoms with Gasteiger partial charge in [-0.25, -0.2) is 0 Å². The molecule has 0 bridgehead atoms. The second-order valence-corrected chi connectivity index (χ2v) is 8.00. The fraction of sp³-hybridized carbons (Fsp3) is 0. The van der Waals surface area contributed by atoms with Crippen molar-refractivity contribution >= 4 is 35.0 Å². The molecule has 28 heavy (non-hydrogen) atoms. The Hall–Kier alpha value is -2.53. The average Bonchev–Trinajstić information content (AvgIpc) is 2.72. The summed E-state index contributed by atoms with van der Waals surface area (Å²) in [6.07, 6.45) is 5.16. The van der Waals surface area contributed by atoms with Crippen LogP contribution in [0.5, 0.6) is 0 Å². The summed E-state index contributed by atoms with van der Waals surface area (Å²) >= 11 is 13.9. The zero-order chi connectivity index (χ0) is 19.5. The van der Waals surface area contributed by atoms with Gasteiger partial charge in [0.1, 0.15) is 0 Å². The van der Waals surface area contributed by atoms with E-state index in [-0.39, 0.29) is 5.56 Å². The Kier molecular flexibility index (Phi) is 5.53. The van der Waals surface area contributed by atoms with Crippen LogP contribution in [-0.2, 0) is 0 Å². The molecule has 4 aromatic rings. The molecule has 0 fully saturated rings. The molecule has 6 heteroatoms. The third-order valence-corrected chi connectivity index (χ3v) is 5.68. The van der Waals surface area contributed by atoms with E-state index in [1.54, 1.807) is 40.9 Å². The summed E-state index contributed by atoms with van der Waals surface area (Å²) in [5.41, 5.74) is 1.78. The monoisotopic (exact) mass is 424 g/mol. The van der Waals surface area contributed by atoms with Gasteiger partial charge in [-0.15, -0.1) is 0 Å². The molecule has 0 saturated carbocycles. The molecule has 0 atom stereocenters. The minimum Gasteiger partial charge on any atom is -0.281 e. The zero-order valence-electron chi connectivity index (χ0n) is 14.5. The topological polar surface area (TPSA) is 34.9 Å². The maximum absolute atomic E-state index is 13.2. The van der Waals surface area contributed by atoms with Crippen molar-refractivity contribution in [2.45, 2.75) is 9.79 Å². The second-order valence-electron chi connectivity index (χ2n) is 6.01. The first kappa shape index (κ1) is 18.8. The highest BCUT2D eigenvalue weighted by Crippen LogP contribution is 2.32. The molecule has 0 unspecified atom stereocenters. The normalized spacial score (nSPS) is 10.8. The van der Waals surface area contributed by atoms with Crippen molar-refractivity contribution in [3.8, 4) is 16.8 Å². The Bertz CT molecular complexity index is 1180. The molecular weight excluding hydrogens is 411 g/mol. The third kappa shape index (κ3) is 3.99. The first-order valence-electron chi connectivity index (χ1n) is 8.47. The van der Waals surface area contributed by atoms with E-state index in [0.717, 1.165) is 9.79 Å². The average molecular weight is 425 g/mol. The van der Waals surface area contributed by atoms with Crippen LogP contribution in [0, 0.1) is 0 Å². The maximum atomic E-state index is 13.2. The number of halogens is 2. The second kappa shape index (κ2) is 8.23. The number of hydrogen-bond acceptors (Lipinski definition) is 3. The number of nitrogens with zero attached hydrogens (tertiary/aromatic N) is 2. The smallest absolute Gasteiger partial charge is 0.263 e. The molecule has 2 aromatic carbocycles. The van der Waals surface area contributed by atoms with E-state index in [0.29, 0.717) is 26.9 Å². The predicted octanol–water partition coefficient (Wildman–Crippen LogP) is 6.36. The molecule has 0 radical (unpaired) electrons. The van der Waals surface area contributed by atoms with Gasteiger partial charge in [-0.2, -0.15) is 0 Å². The summed E-state index contributed by atoms with van der Waals surface area (Å²) in [6, 6.07) is 20.4. The highest BCUT2D eigenvalue weighted by Gasteiger charge is 2.13. The molecule has 4 rings (SSSR count). The molecule has 138 valence electrons. The standard InChI is InChI=1S/C22H14Cl2N2OS/c23-15-7-9-17(10-8-15)28-18-12-20(19-5-1-2-6-21(19)24)22(27)26(14-18)16-4-3-11-25-13-16/h1-14H. The Morgan fingerprint density at radius 3 is 2.36 bits per heavy atom. The highest BCUT2D eigenvalue weighted by molar-refractivity contribution is 7.99. The van der Waals surface area contributed by atoms with Gasteiger partial charge in [-0.3, -0.25) is 14.3 Å². The first-order chi connectivity index (χ1) is 13.6. The molecule has 2 heterocycles. The predicted molar refractivity (Wildman–Crippen MR) is 116 cm³/mol. The van der Waals surface area contributed by atoms with E-state index in [1.165, 1.54) is 0 Å². The van der Waals surface area contributed by atoms with Gasteiger partial charge in [0.05, 0.1) is 17.4 Å². The fourth-order valence-corrected chi connectivity index (χ4v) is 4.05. The Morgan fingerprint density at radius 1 is 0.857 bits per heavy atom. The van der Waals surface area contributed by atoms with Gasteiger partial charge in [0.25, 0.3) is 5.56 Å². The van der Waals surface area contributed by atoms with Crippen molar-refractivity contribution in [2.75, 3.05) is 0 Å². The van der Waals surface area contributed by atoms with Crippen LogP contribution in [0.2, 0.25) is 10.0 Å². The molecular formula is C22H14Cl2N2OS. The summed E-state index contributed by atoms with van der Waals surface area (Å²) in [5.74, 6) is 0. The number of rotatable bonds is 4. The fourth-order valence-electron chi connectivity index (χ4n) is 2.81.